The van der Waals surface area contributed by atoms with E-state index in [0.717, 1.165) is 53.5 Å². The van der Waals surface area contributed by atoms with Gasteiger partial charge in [0.15, 0.2) is 0 Å². The van der Waals surface area contributed by atoms with E-state index in [4.69, 9.17) is 5.26 Å². The van der Waals surface area contributed by atoms with Crippen molar-refractivity contribution in [2.45, 2.75) is 18.9 Å². The standard InChI is InChI=1S/C21H19FN4/c22-20-2-1-14(9-17(20)12-23)16-10-15-3-6-25-13-19(15)21(11-16)26-18-4-7-24-8-5-18/h1-3,6,9-11,13,18,24,26H,4-5,7-8H2. The maximum absolute atomic E-state index is 13.7. The van der Waals surface area contributed by atoms with Crippen LogP contribution in [0.25, 0.3) is 21.9 Å². The van der Waals surface area contributed by atoms with Gasteiger partial charge in [0.1, 0.15) is 11.9 Å². The van der Waals surface area contributed by atoms with Crippen molar-refractivity contribution in [2.24, 2.45) is 0 Å². The Kier molecular flexibility index (Phi) is 4.51. The molecular formula is C21H19FN4. The lowest BCUT2D eigenvalue weighted by Crippen LogP contribution is -2.35. The molecule has 0 saturated carbocycles. The zero-order chi connectivity index (χ0) is 17.9. The van der Waals surface area contributed by atoms with Crippen molar-refractivity contribution in [2.75, 3.05) is 18.4 Å². The Morgan fingerprint density at radius 3 is 2.77 bits per heavy atom. The van der Waals surface area contributed by atoms with Crippen molar-refractivity contribution in [1.29, 1.82) is 5.26 Å². The van der Waals surface area contributed by atoms with Gasteiger partial charge in [0, 0.05) is 29.5 Å². The number of halogens is 1. The molecule has 0 unspecified atom stereocenters. The van der Waals surface area contributed by atoms with Gasteiger partial charge in [0.2, 0.25) is 0 Å². The van der Waals surface area contributed by atoms with Gasteiger partial charge in [-0.15, -0.1) is 0 Å². The lowest BCUT2D eigenvalue weighted by atomic mass is 9.98. The lowest BCUT2D eigenvalue weighted by Gasteiger charge is -2.25. The minimum atomic E-state index is -0.491. The minimum absolute atomic E-state index is 0.0604. The fraction of sp³-hybridized carbons (Fsp3) is 0.238. The number of hydrogen-bond donors (Lipinski definition) is 2. The van der Waals surface area contributed by atoms with Gasteiger partial charge in [-0.25, -0.2) is 4.39 Å². The minimum Gasteiger partial charge on any atom is -0.382 e. The molecule has 5 heteroatoms. The first-order valence-corrected chi connectivity index (χ1v) is 8.79. The van der Waals surface area contributed by atoms with Crippen molar-refractivity contribution in [1.82, 2.24) is 10.3 Å². The zero-order valence-corrected chi connectivity index (χ0v) is 14.3. The van der Waals surface area contributed by atoms with Gasteiger partial charge in [-0.3, -0.25) is 4.98 Å². The van der Waals surface area contributed by atoms with Gasteiger partial charge >= 0.3 is 0 Å². The molecule has 0 bridgehead atoms. The summed E-state index contributed by atoms with van der Waals surface area (Å²) < 4.78 is 13.7. The van der Waals surface area contributed by atoms with Crippen molar-refractivity contribution >= 4 is 16.5 Å². The number of benzene rings is 2. The van der Waals surface area contributed by atoms with E-state index in [1.807, 2.05) is 18.3 Å². The summed E-state index contributed by atoms with van der Waals surface area (Å²) in [6.07, 6.45) is 5.78. The summed E-state index contributed by atoms with van der Waals surface area (Å²) in [5, 5.41) is 18.3. The van der Waals surface area contributed by atoms with Crippen LogP contribution >= 0.6 is 0 Å². The van der Waals surface area contributed by atoms with Gasteiger partial charge in [-0.05, 0) is 72.8 Å². The van der Waals surface area contributed by atoms with Gasteiger partial charge in [-0.2, -0.15) is 5.26 Å². The van der Waals surface area contributed by atoms with Crippen LogP contribution in [0.3, 0.4) is 0 Å². The molecule has 1 fully saturated rings. The van der Waals surface area contributed by atoms with Crippen LogP contribution in [0.5, 0.6) is 0 Å². The number of fused-ring (bicyclic) bond motifs is 1. The third kappa shape index (κ3) is 3.24. The topological polar surface area (TPSA) is 60.7 Å². The Labute approximate surface area is 151 Å². The highest BCUT2D eigenvalue weighted by Crippen LogP contribution is 2.32. The van der Waals surface area contributed by atoms with Gasteiger partial charge < -0.3 is 10.6 Å². The van der Waals surface area contributed by atoms with E-state index in [-0.39, 0.29) is 5.56 Å². The summed E-state index contributed by atoms with van der Waals surface area (Å²) in [5.74, 6) is -0.491. The van der Waals surface area contributed by atoms with E-state index in [1.165, 1.54) is 6.07 Å². The van der Waals surface area contributed by atoms with Crippen molar-refractivity contribution in [3.05, 3.63) is 60.2 Å². The van der Waals surface area contributed by atoms with Gasteiger partial charge in [0.05, 0.1) is 5.56 Å². The number of hydrogen-bond acceptors (Lipinski definition) is 4. The zero-order valence-electron chi connectivity index (χ0n) is 14.3. The summed E-state index contributed by atoms with van der Waals surface area (Å²) in [4.78, 5) is 4.26. The number of aromatic nitrogens is 1. The molecule has 1 aliphatic heterocycles. The number of rotatable bonds is 3. The molecule has 1 aromatic heterocycles. The molecule has 4 rings (SSSR count). The monoisotopic (exact) mass is 346 g/mol. The summed E-state index contributed by atoms with van der Waals surface area (Å²) in [6, 6.07) is 13.1. The van der Waals surface area contributed by atoms with Crippen molar-refractivity contribution < 1.29 is 4.39 Å². The van der Waals surface area contributed by atoms with Gasteiger partial charge in [0.25, 0.3) is 0 Å². The van der Waals surface area contributed by atoms with E-state index in [1.54, 1.807) is 18.3 Å². The fourth-order valence-electron chi connectivity index (χ4n) is 3.46. The number of pyridine rings is 1. The molecule has 0 atom stereocenters. The SMILES string of the molecule is N#Cc1cc(-c2cc(NC3CCNCC3)c3cnccc3c2)ccc1F. The molecule has 0 aliphatic carbocycles. The summed E-state index contributed by atoms with van der Waals surface area (Å²) in [7, 11) is 0. The second-order valence-electron chi connectivity index (χ2n) is 6.60. The van der Waals surface area contributed by atoms with E-state index in [0.29, 0.717) is 6.04 Å². The number of anilines is 1. The first-order chi connectivity index (χ1) is 12.7. The summed E-state index contributed by atoms with van der Waals surface area (Å²) in [6.45, 7) is 2.02. The molecule has 2 N–H and O–H groups in total. The van der Waals surface area contributed by atoms with Crippen LogP contribution in [0, 0.1) is 17.1 Å². The third-order valence-electron chi connectivity index (χ3n) is 4.87. The average molecular weight is 346 g/mol. The smallest absolute Gasteiger partial charge is 0.140 e. The Morgan fingerprint density at radius 2 is 1.96 bits per heavy atom. The summed E-state index contributed by atoms with van der Waals surface area (Å²) >= 11 is 0. The highest BCUT2D eigenvalue weighted by Gasteiger charge is 2.15. The van der Waals surface area contributed by atoms with Crippen LogP contribution in [-0.4, -0.2) is 24.1 Å². The highest BCUT2D eigenvalue weighted by molar-refractivity contribution is 5.97. The largest absolute Gasteiger partial charge is 0.382 e. The first-order valence-electron chi connectivity index (χ1n) is 8.79. The Hall–Kier alpha value is -2.97. The normalized spacial score (nSPS) is 14.9. The van der Waals surface area contributed by atoms with Crippen molar-refractivity contribution in [3.63, 3.8) is 0 Å². The Morgan fingerprint density at radius 1 is 1.12 bits per heavy atom. The second kappa shape index (κ2) is 7.11. The van der Waals surface area contributed by atoms with Crippen LogP contribution in [0.1, 0.15) is 18.4 Å². The molecule has 1 aliphatic rings. The molecule has 0 spiro atoms. The van der Waals surface area contributed by atoms with Crippen LogP contribution in [0.15, 0.2) is 48.8 Å². The van der Waals surface area contributed by atoms with E-state index in [2.05, 4.69) is 27.8 Å². The Balaban J connectivity index is 1.79. The van der Waals surface area contributed by atoms with E-state index < -0.39 is 5.82 Å². The van der Waals surface area contributed by atoms with E-state index in [9.17, 15) is 4.39 Å². The second-order valence-corrected chi connectivity index (χ2v) is 6.60. The quantitative estimate of drug-likeness (QED) is 0.750. The molecule has 2 aromatic carbocycles. The highest BCUT2D eigenvalue weighted by atomic mass is 19.1. The lowest BCUT2D eigenvalue weighted by molar-refractivity contribution is 0.479. The molecule has 0 radical (unpaired) electrons. The van der Waals surface area contributed by atoms with Crippen LogP contribution in [0.4, 0.5) is 10.1 Å². The molecule has 26 heavy (non-hydrogen) atoms. The average Bonchev–Trinajstić information content (AvgIpc) is 2.69. The molecule has 0 amide bonds. The van der Waals surface area contributed by atoms with Gasteiger partial charge in [-0.1, -0.05) is 6.07 Å². The predicted octanol–water partition coefficient (Wildman–Crippen LogP) is 4.08. The Bertz CT molecular complexity index is 987. The predicted molar refractivity (Wildman–Crippen MR) is 101 cm³/mol. The number of nitrogens with zero attached hydrogens (tertiary/aromatic N) is 2. The number of nitriles is 1. The number of nitrogens with one attached hydrogen (secondary N) is 2. The molecule has 3 aromatic rings. The maximum atomic E-state index is 13.7. The van der Waals surface area contributed by atoms with Crippen LogP contribution in [0.2, 0.25) is 0 Å². The fourth-order valence-corrected chi connectivity index (χ4v) is 3.46. The molecule has 1 saturated heterocycles. The third-order valence-corrected chi connectivity index (χ3v) is 4.87. The molecular weight excluding hydrogens is 327 g/mol. The maximum Gasteiger partial charge on any atom is 0.140 e. The number of piperidine rings is 1. The molecule has 2 heterocycles. The molecule has 130 valence electrons. The van der Waals surface area contributed by atoms with E-state index >= 15 is 0 Å². The first kappa shape index (κ1) is 16.5. The molecule has 4 nitrogen and oxygen atoms in total. The van der Waals surface area contributed by atoms with Crippen molar-refractivity contribution in [3.8, 4) is 17.2 Å². The summed E-state index contributed by atoms with van der Waals surface area (Å²) in [5.41, 5.74) is 2.87. The van der Waals surface area contributed by atoms with Crippen LogP contribution < -0.4 is 10.6 Å². The van der Waals surface area contributed by atoms with Crippen LogP contribution in [-0.2, 0) is 0 Å².